The maximum Gasteiger partial charge on any atom is 0.435 e. The number of nitrogens with zero attached hydrogens (tertiary/aromatic N) is 3. The van der Waals surface area contributed by atoms with Crippen LogP contribution in [0, 0.1) is 11.3 Å². The first-order valence-corrected chi connectivity index (χ1v) is 11.1. The zero-order valence-corrected chi connectivity index (χ0v) is 16.6. The quantitative estimate of drug-likeness (QED) is 0.683. The molecule has 2 aromatic heterocycles. The fraction of sp³-hybridized carbons (Fsp3) is 0.500. The second-order valence-corrected chi connectivity index (χ2v) is 9.19. The van der Waals surface area contributed by atoms with E-state index in [9.17, 15) is 21.6 Å². The molecule has 0 atom stereocenters. The van der Waals surface area contributed by atoms with E-state index in [0.717, 1.165) is 49.2 Å². The second-order valence-electron chi connectivity index (χ2n) is 7.17. The first kappa shape index (κ1) is 21.3. The molecule has 0 aliphatic heterocycles. The van der Waals surface area contributed by atoms with Gasteiger partial charge in [-0.05, 0) is 30.9 Å². The molecular formula is C18H22F3N5O2S. The molecule has 1 saturated carbocycles. The number of aromatic nitrogens is 3. The molecule has 0 saturated heterocycles. The van der Waals surface area contributed by atoms with Gasteiger partial charge >= 0.3 is 6.18 Å². The largest absolute Gasteiger partial charge is 0.435 e. The SMILES string of the molecule is CS(=O)(=O)c1ccc(-n2nc(C(F)(F)F)c(C=N)c2NCC2CCCCC2)nc1. The highest BCUT2D eigenvalue weighted by Gasteiger charge is 2.39. The average Bonchev–Trinajstić information content (AvgIpc) is 3.05. The molecule has 2 aromatic rings. The van der Waals surface area contributed by atoms with Crippen LogP contribution in [0.5, 0.6) is 0 Å². The molecule has 0 bridgehead atoms. The Kier molecular flexibility index (Phi) is 5.97. The first-order valence-electron chi connectivity index (χ1n) is 9.22. The monoisotopic (exact) mass is 429 g/mol. The van der Waals surface area contributed by atoms with E-state index in [4.69, 9.17) is 5.41 Å². The van der Waals surface area contributed by atoms with Gasteiger partial charge in [-0.3, -0.25) is 0 Å². The number of anilines is 1. The highest BCUT2D eigenvalue weighted by atomic mass is 32.2. The Bertz CT molecular complexity index is 978. The molecule has 7 nitrogen and oxygen atoms in total. The van der Waals surface area contributed by atoms with Crippen molar-refractivity contribution in [2.45, 2.75) is 43.2 Å². The van der Waals surface area contributed by atoms with E-state index in [0.29, 0.717) is 18.7 Å². The highest BCUT2D eigenvalue weighted by Crippen LogP contribution is 2.35. The van der Waals surface area contributed by atoms with E-state index in [1.807, 2.05) is 0 Å². The van der Waals surface area contributed by atoms with Gasteiger partial charge in [0.25, 0.3) is 0 Å². The molecule has 1 fully saturated rings. The van der Waals surface area contributed by atoms with Gasteiger partial charge < -0.3 is 10.7 Å². The van der Waals surface area contributed by atoms with E-state index in [1.165, 1.54) is 12.1 Å². The minimum atomic E-state index is -4.74. The van der Waals surface area contributed by atoms with E-state index < -0.39 is 21.7 Å². The molecular weight excluding hydrogens is 407 g/mol. The maximum atomic E-state index is 13.5. The molecule has 1 aliphatic carbocycles. The van der Waals surface area contributed by atoms with Gasteiger partial charge in [0.15, 0.2) is 21.3 Å². The van der Waals surface area contributed by atoms with Crippen LogP contribution in [-0.2, 0) is 16.0 Å². The van der Waals surface area contributed by atoms with Crippen molar-refractivity contribution >= 4 is 21.9 Å². The number of rotatable bonds is 6. The average molecular weight is 429 g/mol. The Morgan fingerprint density at radius 1 is 1.28 bits per heavy atom. The van der Waals surface area contributed by atoms with Crippen LogP contribution in [0.3, 0.4) is 0 Å². The lowest BCUT2D eigenvalue weighted by molar-refractivity contribution is -0.141. The van der Waals surface area contributed by atoms with Crippen LogP contribution < -0.4 is 5.32 Å². The van der Waals surface area contributed by atoms with E-state index in [1.54, 1.807) is 0 Å². The van der Waals surface area contributed by atoms with Crippen molar-refractivity contribution in [3.05, 3.63) is 29.6 Å². The minimum absolute atomic E-state index is 0.0255. The highest BCUT2D eigenvalue weighted by molar-refractivity contribution is 7.90. The smallest absolute Gasteiger partial charge is 0.369 e. The minimum Gasteiger partial charge on any atom is -0.369 e. The second kappa shape index (κ2) is 8.13. The Morgan fingerprint density at radius 2 is 1.97 bits per heavy atom. The molecule has 0 aromatic carbocycles. The van der Waals surface area contributed by atoms with Crippen LogP contribution in [0.1, 0.15) is 43.4 Å². The Hall–Kier alpha value is -2.43. The van der Waals surface area contributed by atoms with Crippen molar-refractivity contribution in [2.24, 2.45) is 5.92 Å². The molecule has 2 heterocycles. The summed E-state index contributed by atoms with van der Waals surface area (Å²) < 4.78 is 64.6. The lowest BCUT2D eigenvalue weighted by Crippen LogP contribution is -2.19. The molecule has 0 amide bonds. The fourth-order valence-corrected chi connectivity index (χ4v) is 4.02. The zero-order chi connectivity index (χ0) is 21.2. The van der Waals surface area contributed by atoms with Gasteiger partial charge in [-0.25, -0.2) is 13.4 Å². The molecule has 1 aliphatic rings. The molecule has 3 rings (SSSR count). The van der Waals surface area contributed by atoms with Gasteiger partial charge in [0, 0.05) is 25.2 Å². The zero-order valence-electron chi connectivity index (χ0n) is 15.8. The Morgan fingerprint density at radius 3 is 2.48 bits per heavy atom. The summed E-state index contributed by atoms with van der Waals surface area (Å²) in [5, 5.41) is 14.2. The lowest BCUT2D eigenvalue weighted by Gasteiger charge is -2.22. The van der Waals surface area contributed by atoms with Crippen molar-refractivity contribution in [1.82, 2.24) is 14.8 Å². The van der Waals surface area contributed by atoms with Gasteiger partial charge in [-0.2, -0.15) is 23.0 Å². The molecule has 0 spiro atoms. The predicted molar refractivity (Wildman–Crippen MR) is 102 cm³/mol. The van der Waals surface area contributed by atoms with Crippen LogP contribution >= 0.6 is 0 Å². The molecule has 29 heavy (non-hydrogen) atoms. The number of hydrogen-bond acceptors (Lipinski definition) is 6. The van der Waals surface area contributed by atoms with Crippen LogP contribution in [0.4, 0.5) is 19.0 Å². The summed E-state index contributed by atoms with van der Waals surface area (Å²) in [5.41, 5.74) is -1.56. The van der Waals surface area contributed by atoms with Crippen LogP contribution in [0.25, 0.3) is 5.82 Å². The number of pyridine rings is 1. The number of sulfone groups is 1. The lowest BCUT2D eigenvalue weighted by atomic mass is 9.89. The summed E-state index contributed by atoms with van der Waals surface area (Å²) in [6, 6.07) is 2.56. The first-order chi connectivity index (χ1) is 13.6. The standard InChI is InChI=1S/C18H22F3N5O2S/c1-29(27,28)13-7-8-15(23-11-13)26-17(24-10-12-5-3-2-4-6-12)14(9-22)16(25-26)18(19,20)21/h7-9,11-12,22,24H,2-6,10H2,1H3. The summed E-state index contributed by atoms with van der Waals surface area (Å²) in [7, 11) is -3.49. The Labute approximate surface area is 166 Å². The normalized spacial score (nSPS) is 16.0. The third-order valence-corrected chi connectivity index (χ3v) is 6.08. The summed E-state index contributed by atoms with van der Waals surface area (Å²) in [5.74, 6) is 0.389. The summed E-state index contributed by atoms with van der Waals surface area (Å²) >= 11 is 0. The van der Waals surface area contributed by atoms with Crippen LogP contribution in [0.15, 0.2) is 23.2 Å². The van der Waals surface area contributed by atoms with Gasteiger partial charge in [-0.1, -0.05) is 19.3 Å². The number of nitrogens with one attached hydrogen (secondary N) is 2. The van der Waals surface area contributed by atoms with Gasteiger partial charge in [0.05, 0.1) is 10.5 Å². The van der Waals surface area contributed by atoms with Crippen molar-refractivity contribution in [1.29, 1.82) is 5.41 Å². The third kappa shape index (κ3) is 4.77. The van der Waals surface area contributed by atoms with Crippen molar-refractivity contribution in [3.8, 4) is 5.82 Å². The predicted octanol–water partition coefficient (Wildman–Crippen LogP) is 3.68. The van der Waals surface area contributed by atoms with Crippen molar-refractivity contribution < 1.29 is 21.6 Å². The van der Waals surface area contributed by atoms with Gasteiger partial charge in [0.1, 0.15) is 5.82 Å². The maximum absolute atomic E-state index is 13.5. The molecule has 0 radical (unpaired) electrons. The van der Waals surface area contributed by atoms with Crippen LogP contribution in [-0.4, -0.2) is 42.2 Å². The number of hydrogen-bond donors (Lipinski definition) is 2. The van der Waals surface area contributed by atoms with Gasteiger partial charge in [0.2, 0.25) is 0 Å². The van der Waals surface area contributed by atoms with E-state index in [-0.39, 0.29) is 22.1 Å². The van der Waals surface area contributed by atoms with E-state index >= 15 is 0 Å². The molecule has 2 N–H and O–H groups in total. The number of halogens is 3. The summed E-state index contributed by atoms with van der Waals surface area (Å²) in [4.78, 5) is 3.93. The number of alkyl halides is 3. The topological polar surface area (TPSA) is 101 Å². The van der Waals surface area contributed by atoms with Crippen molar-refractivity contribution in [3.63, 3.8) is 0 Å². The molecule has 158 valence electrons. The van der Waals surface area contributed by atoms with Crippen LogP contribution in [0.2, 0.25) is 0 Å². The third-order valence-electron chi connectivity index (χ3n) is 4.98. The molecule has 11 heteroatoms. The fourth-order valence-electron chi connectivity index (χ4n) is 3.46. The van der Waals surface area contributed by atoms with Crippen molar-refractivity contribution in [2.75, 3.05) is 18.1 Å². The van der Waals surface area contributed by atoms with Gasteiger partial charge in [-0.15, -0.1) is 0 Å². The Balaban J connectivity index is 2.02. The molecule has 0 unspecified atom stereocenters. The van der Waals surface area contributed by atoms with E-state index in [2.05, 4.69) is 15.4 Å². The summed E-state index contributed by atoms with van der Waals surface area (Å²) in [6.45, 7) is 0.464. The summed E-state index contributed by atoms with van der Waals surface area (Å²) in [6.07, 6.45) is 3.31.